The molecule has 2 aromatic carbocycles. The molecule has 0 unspecified atom stereocenters. The fourth-order valence-corrected chi connectivity index (χ4v) is 2.90. The van der Waals surface area contributed by atoms with Crippen molar-refractivity contribution in [1.82, 2.24) is 4.72 Å². The van der Waals surface area contributed by atoms with Gasteiger partial charge in [-0.3, -0.25) is 4.79 Å². The third-order valence-corrected chi connectivity index (χ3v) is 4.90. The van der Waals surface area contributed by atoms with Gasteiger partial charge in [0.05, 0.1) is 15.5 Å². The number of nitrogens with one attached hydrogen (secondary N) is 2. The average molecular weight is 380 g/mol. The Hall–Kier alpha value is -2.60. The molecular formula is C16H14ClN3O4S. The van der Waals surface area contributed by atoms with E-state index in [2.05, 4.69) is 10.0 Å². The van der Waals surface area contributed by atoms with E-state index in [-0.39, 0.29) is 22.1 Å². The Kier molecular flexibility index (Phi) is 5.98. The smallest absolute Gasteiger partial charge is 0.257 e. The molecule has 2 rings (SSSR count). The van der Waals surface area contributed by atoms with Crippen LogP contribution in [-0.2, 0) is 10.0 Å². The van der Waals surface area contributed by atoms with Crippen molar-refractivity contribution in [2.45, 2.75) is 4.90 Å². The Morgan fingerprint density at radius 3 is 2.72 bits per heavy atom. The second-order valence-corrected chi connectivity index (χ2v) is 7.07. The van der Waals surface area contributed by atoms with Crippen LogP contribution in [0.3, 0.4) is 0 Å². The number of nitrogens with zero attached hydrogens (tertiary/aromatic N) is 1. The number of carbonyl (C=O) groups excluding carboxylic acids is 1. The lowest BCUT2D eigenvalue weighted by Crippen LogP contribution is -2.20. The Morgan fingerprint density at radius 2 is 2.04 bits per heavy atom. The molecule has 1 amide bonds. The lowest BCUT2D eigenvalue weighted by Gasteiger charge is -2.10. The Balaban J connectivity index is 2.27. The van der Waals surface area contributed by atoms with Crippen LogP contribution in [0.25, 0.3) is 0 Å². The van der Waals surface area contributed by atoms with Crippen LogP contribution in [0.2, 0.25) is 5.02 Å². The maximum Gasteiger partial charge on any atom is 0.257 e. The van der Waals surface area contributed by atoms with Gasteiger partial charge in [-0.25, -0.2) is 13.1 Å². The molecule has 0 aliphatic heterocycles. The third kappa shape index (κ3) is 4.70. The first kappa shape index (κ1) is 18.7. The van der Waals surface area contributed by atoms with Crippen molar-refractivity contribution in [2.24, 2.45) is 0 Å². The highest BCUT2D eigenvalue weighted by Crippen LogP contribution is 2.23. The molecular weight excluding hydrogens is 366 g/mol. The summed E-state index contributed by atoms with van der Waals surface area (Å²) in [6.45, 7) is -0.118. The summed E-state index contributed by atoms with van der Waals surface area (Å²) in [7, 11) is -2.43. The molecule has 0 bridgehead atoms. The van der Waals surface area contributed by atoms with Crippen molar-refractivity contribution in [1.29, 1.82) is 5.26 Å². The van der Waals surface area contributed by atoms with Crippen LogP contribution in [-0.4, -0.2) is 28.0 Å². The topological polar surface area (TPSA) is 108 Å². The van der Waals surface area contributed by atoms with E-state index in [9.17, 15) is 13.2 Å². The number of halogens is 1. The number of anilines is 1. The summed E-state index contributed by atoms with van der Waals surface area (Å²) in [6.07, 6.45) is 0. The average Bonchev–Trinajstić information content (AvgIpc) is 2.60. The van der Waals surface area contributed by atoms with E-state index in [0.29, 0.717) is 11.4 Å². The van der Waals surface area contributed by atoms with E-state index in [1.165, 1.54) is 31.3 Å². The molecule has 0 aliphatic rings. The second-order valence-electron chi connectivity index (χ2n) is 4.78. The molecule has 2 aromatic rings. The first-order valence-electron chi connectivity index (χ1n) is 7.01. The molecule has 0 spiro atoms. The highest BCUT2D eigenvalue weighted by molar-refractivity contribution is 7.89. The van der Waals surface area contributed by atoms with Crippen molar-refractivity contribution in [2.75, 3.05) is 19.0 Å². The number of sulfonamides is 1. The number of ether oxygens (including phenoxy) is 1. The van der Waals surface area contributed by atoms with Gasteiger partial charge in [0.15, 0.2) is 6.61 Å². The third-order valence-electron chi connectivity index (χ3n) is 3.16. The van der Waals surface area contributed by atoms with Crippen LogP contribution in [0.5, 0.6) is 5.75 Å². The van der Waals surface area contributed by atoms with Crippen molar-refractivity contribution in [3.63, 3.8) is 0 Å². The predicted octanol–water partition coefficient (Wildman–Crippen LogP) is 2.40. The normalized spacial score (nSPS) is 10.8. The van der Waals surface area contributed by atoms with Crippen molar-refractivity contribution >= 4 is 33.2 Å². The summed E-state index contributed by atoms with van der Waals surface area (Å²) in [5, 5.41) is 11.2. The molecule has 25 heavy (non-hydrogen) atoms. The molecule has 0 aromatic heterocycles. The van der Waals surface area contributed by atoms with Gasteiger partial charge in [0.25, 0.3) is 5.91 Å². The second kappa shape index (κ2) is 7.98. The van der Waals surface area contributed by atoms with Gasteiger partial charge in [0.1, 0.15) is 11.8 Å². The van der Waals surface area contributed by atoms with E-state index in [1.54, 1.807) is 18.2 Å². The van der Waals surface area contributed by atoms with Gasteiger partial charge in [-0.2, -0.15) is 5.26 Å². The number of nitriles is 1. The Morgan fingerprint density at radius 1 is 1.28 bits per heavy atom. The molecule has 0 fully saturated rings. The van der Waals surface area contributed by atoms with Gasteiger partial charge in [-0.1, -0.05) is 17.7 Å². The van der Waals surface area contributed by atoms with E-state index in [0.717, 1.165) is 0 Å². The van der Waals surface area contributed by atoms with Crippen LogP contribution in [0.1, 0.15) is 10.4 Å². The first-order chi connectivity index (χ1) is 11.9. The largest absolute Gasteiger partial charge is 0.479 e. The number of hydrogen-bond donors (Lipinski definition) is 2. The number of hydrogen-bond acceptors (Lipinski definition) is 5. The van der Waals surface area contributed by atoms with Crippen LogP contribution < -0.4 is 14.8 Å². The minimum Gasteiger partial charge on any atom is -0.479 e. The van der Waals surface area contributed by atoms with Crippen LogP contribution in [0, 0.1) is 11.3 Å². The van der Waals surface area contributed by atoms with Gasteiger partial charge in [-0.15, -0.1) is 0 Å². The molecule has 0 radical (unpaired) electrons. The monoisotopic (exact) mass is 379 g/mol. The SMILES string of the molecule is CNS(=O)(=O)c1ccc(Cl)c(C(=O)Nc2cccc(OCC#N)c2)c1. The van der Waals surface area contributed by atoms with Crippen LogP contribution in [0.15, 0.2) is 47.4 Å². The summed E-state index contributed by atoms with van der Waals surface area (Å²) in [6, 6.07) is 12.1. The predicted molar refractivity (Wildman–Crippen MR) is 93.2 cm³/mol. The summed E-state index contributed by atoms with van der Waals surface area (Å²) < 4.78 is 31.1. The van der Waals surface area contributed by atoms with Gasteiger partial charge in [-0.05, 0) is 37.4 Å². The Bertz CT molecular complexity index is 939. The maximum atomic E-state index is 12.4. The number of rotatable bonds is 6. The molecule has 0 aliphatic carbocycles. The standard InChI is InChI=1S/C16H14ClN3O4S/c1-19-25(22,23)13-5-6-15(17)14(10-13)16(21)20-11-3-2-4-12(9-11)24-8-7-18/h2-6,9-10,19H,8H2,1H3,(H,20,21). The zero-order valence-corrected chi connectivity index (χ0v) is 14.7. The lowest BCUT2D eigenvalue weighted by molar-refractivity contribution is 0.102. The molecule has 0 heterocycles. The van der Waals surface area contributed by atoms with Crippen LogP contribution in [0.4, 0.5) is 5.69 Å². The molecule has 130 valence electrons. The molecule has 9 heteroatoms. The first-order valence-corrected chi connectivity index (χ1v) is 8.88. The van der Waals surface area contributed by atoms with Crippen molar-refractivity contribution < 1.29 is 17.9 Å². The maximum absolute atomic E-state index is 12.4. The number of amides is 1. The van der Waals surface area contributed by atoms with E-state index < -0.39 is 15.9 Å². The van der Waals surface area contributed by atoms with Gasteiger partial charge in [0, 0.05) is 11.8 Å². The number of carbonyl (C=O) groups is 1. The van der Waals surface area contributed by atoms with Crippen LogP contribution >= 0.6 is 11.6 Å². The molecule has 0 saturated carbocycles. The van der Waals surface area contributed by atoms with Gasteiger partial charge >= 0.3 is 0 Å². The van der Waals surface area contributed by atoms with Crippen molar-refractivity contribution in [3.8, 4) is 11.8 Å². The van der Waals surface area contributed by atoms with E-state index in [1.807, 2.05) is 6.07 Å². The van der Waals surface area contributed by atoms with E-state index >= 15 is 0 Å². The highest BCUT2D eigenvalue weighted by atomic mass is 35.5. The summed E-state index contributed by atoms with van der Waals surface area (Å²) in [5.74, 6) is -0.160. The van der Waals surface area contributed by atoms with Gasteiger partial charge in [0.2, 0.25) is 10.0 Å². The van der Waals surface area contributed by atoms with Gasteiger partial charge < -0.3 is 10.1 Å². The summed E-state index contributed by atoms with van der Waals surface area (Å²) >= 11 is 6.01. The van der Waals surface area contributed by atoms with E-state index in [4.69, 9.17) is 21.6 Å². The quantitative estimate of drug-likeness (QED) is 0.801. The fraction of sp³-hybridized carbons (Fsp3) is 0.125. The lowest BCUT2D eigenvalue weighted by atomic mass is 10.2. The summed E-state index contributed by atoms with van der Waals surface area (Å²) in [4.78, 5) is 12.4. The van der Waals surface area contributed by atoms with Crippen molar-refractivity contribution in [3.05, 3.63) is 53.1 Å². The zero-order valence-electron chi connectivity index (χ0n) is 13.1. The Labute approximate surface area is 150 Å². The minimum atomic E-state index is -3.70. The molecule has 7 nitrogen and oxygen atoms in total. The summed E-state index contributed by atoms with van der Waals surface area (Å²) in [5.41, 5.74) is 0.430. The minimum absolute atomic E-state index is 0.0151. The zero-order chi connectivity index (χ0) is 18.4. The highest BCUT2D eigenvalue weighted by Gasteiger charge is 2.17. The molecule has 2 N–H and O–H groups in total. The molecule has 0 saturated heterocycles. The molecule has 0 atom stereocenters. The fourth-order valence-electron chi connectivity index (χ4n) is 1.94. The number of benzene rings is 2.